The fourth-order valence-corrected chi connectivity index (χ4v) is 0.746. The molecule has 2 nitrogen and oxygen atoms in total. The SMILES string of the molecule is O=C(CF)Oc1cc(F)cc(F)c1. The van der Waals surface area contributed by atoms with Gasteiger partial charge in [0.25, 0.3) is 0 Å². The van der Waals surface area contributed by atoms with Gasteiger partial charge in [0.15, 0.2) is 6.67 Å². The summed E-state index contributed by atoms with van der Waals surface area (Å²) in [5.41, 5.74) is 0. The number of alkyl halides is 1. The number of hydrogen-bond donors (Lipinski definition) is 0. The molecular weight excluding hydrogens is 185 g/mol. The van der Waals surface area contributed by atoms with E-state index in [1.807, 2.05) is 0 Å². The molecule has 0 aliphatic rings. The molecule has 0 bridgehead atoms. The molecule has 70 valence electrons. The molecular formula is C8H5F3O2. The quantitative estimate of drug-likeness (QED) is 0.525. The molecule has 0 N–H and O–H groups in total. The number of halogens is 3. The average Bonchev–Trinajstić information content (AvgIpc) is 2.02. The summed E-state index contributed by atoms with van der Waals surface area (Å²) in [6, 6.07) is 2.19. The zero-order valence-electron chi connectivity index (χ0n) is 6.39. The minimum absolute atomic E-state index is 0.347. The van der Waals surface area contributed by atoms with Gasteiger partial charge in [-0.2, -0.15) is 0 Å². The number of hydrogen-bond acceptors (Lipinski definition) is 2. The fraction of sp³-hybridized carbons (Fsp3) is 0.125. The molecule has 0 unspecified atom stereocenters. The summed E-state index contributed by atoms with van der Waals surface area (Å²) in [4.78, 5) is 10.4. The van der Waals surface area contributed by atoms with E-state index in [4.69, 9.17) is 0 Å². The lowest BCUT2D eigenvalue weighted by Gasteiger charge is -2.01. The Morgan fingerprint density at radius 3 is 2.23 bits per heavy atom. The first kappa shape index (κ1) is 9.57. The molecule has 0 spiro atoms. The van der Waals surface area contributed by atoms with E-state index in [2.05, 4.69) is 4.74 Å². The van der Waals surface area contributed by atoms with Crippen molar-refractivity contribution in [1.29, 1.82) is 0 Å². The Morgan fingerprint density at radius 1 is 1.23 bits per heavy atom. The number of carbonyl (C=O) groups excluding carboxylic acids is 1. The first-order chi connectivity index (χ1) is 6.11. The molecule has 0 fully saturated rings. The molecule has 13 heavy (non-hydrogen) atoms. The van der Waals surface area contributed by atoms with Crippen LogP contribution in [-0.4, -0.2) is 12.6 Å². The van der Waals surface area contributed by atoms with Gasteiger partial charge < -0.3 is 4.74 Å². The largest absolute Gasteiger partial charge is 0.424 e. The van der Waals surface area contributed by atoms with E-state index in [0.29, 0.717) is 6.07 Å². The molecule has 0 saturated carbocycles. The Morgan fingerprint density at radius 2 is 1.77 bits per heavy atom. The van der Waals surface area contributed by atoms with Gasteiger partial charge in [-0.1, -0.05) is 0 Å². The number of esters is 1. The van der Waals surface area contributed by atoms with Crippen LogP contribution >= 0.6 is 0 Å². The maximum atomic E-state index is 12.5. The second-order valence-electron chi connectivity index (χ2n) is 2.21. The van der Waals surface area contributed by atoms with Crippen LogP contribution in [0.1, 0.15) is 0 Å². The predicted octanol–water partition coefficient (Wildman–Crippen LogP) is 1.84. The van der Waals surface area contributed by atoms with E-state index in [9.17, 15) is 18.0 Å². The highest BCUT2D eigenvalue weighted by Crippen LogP contribution is 2.15. The van der Waals surface area contributed by atoms with Gasteiger partial charge >= 0.3 is 5.97 Å². The van der Waals surface area contributed by atoms with E-state index >= 15 is 0 Å². The van der Waals surface area contributed by atoms with Crippen molar-refractivity contribution >= 4 is 5.97 Å². The zero-order valence-corrected chi connectivity index (χ0v) is 6.39. The summed E-state index contributed by atoms with van der Waals surface area (Å²) in [7, 11) is 0. The van der Waals surface area contributed by atoms with Gasteiger partial charge in [0.2, 0.25) is 0 Å². The lowest BCUT2D eigenvalue weighted by Crippen LogP contribution is -2.09. The normalized spacial score (nSPS) is 9.77. The van der Waals surface area contributed by atoms with Gasteiger partial charge in [-0.15, -0.1) is 0 Å². The molecule has 0 aliphatic heterocycles. The van der Waals surface area contributed by atoms with Crippen LogP contribution in [0.25, 0.3) is 0 Å². The Balaban J connectivity index is 2.83. The molecule has 1 aromatic rings. The number of rotatable bonds is 2. The third-order valence-corrected chi connectivity index (χ3v) is 1.18. The molecule has 0 atom stereocenters. The second-order valence-corrected chi connectivity index (χ2v) is 2.21. The van der Waals surface area contributed by atoms with Crippen molar-refractivity contribution in [3.8, 4) is 5.75 Å². The first-order valence-corrected chi connectivity index (χ1v) is 3.34. The van der Waals surface area contributed by atoms with Crippen molar-refractivity contribution in [2.45, 2.75) is 0 Å². The maximum Gasteiger partial charge on any atom is 0.342 e. The zero-order chi connectivity index (χ0) is 9.84. The summed E-state index contributed by atoms with van der Waals surface area (Å²) in [6.45, 7) is -1.34. The van der Waals surface area contributed by atoms with Crippen LogP contribution in [0.3, 0.4) is 0 Å². The van der Waals surface area contributed by atoms with Crippen LogP contribution in [-0.2, 0) is 4.79 Å². The highest BCUT2D eigenvalue weighted by Gasteiger charge is 2.06. The molecule has 0 saturated heterocycles. The van der Waals surface area contributed by atoms with Crippen LogP contribution in [0.5, 0.6) is 5.75 Å². The minimum Gasteiger partial charge on any atom is -0.424 e. The first-order valence-electron chi connectivity index (χ1n) is 3.34. The summed E-state index contributed by atoms with van der Waals surface area (Å²) >= 11 is 0. The molecule has 5 heteroatoms. The summed E-state index contributed by atoms with van der Waals surface area (Å²) < 4.78 is 40.8. The van der Waals surface area contributed by atoms with E-state index in [1.54, 1.807) is 0 Å². The van der Waals surface area contributed by atoms with E-state index < -0.39 is 24.3 Å². The highest BCUT2D eigenvalue weighted by molar-refractivity contribution is 5.73. The molecule has 0 aromatic heterocycles. The van der Waals surface area contributed by atoms with Crippen LogP contribution in [0, 0.1) is 11.6 Å². The van der Waals surface area contributed by atoms with Gasteiger partial charge in [0.1, 0.15) is 17.4 Å². The van der Waals surface area contributed by atoms with Crippen molar-refractivity contribution in [3.63, 3.8) is 0 Å². The third kappa shape index (κ3) is 2.77. The Hall–Kier alpha value is -1.52. The Bertz CT molecular complexity index is 305. The van der Waals surface area contributed by atoms with Crippen LogP contribution in [0.2, 0.25) is 0 Å². The molecule has 0 heterocycles. The second kappa shape index (κ2) is 3.93. The summed E-state index contributed by atoms with van der Waals surface area (Å²) in [6.07, 6.45) is 0. The van der Waals surface area contributed by atoms with Crippen LogP contribution in [0.4, 0.5) is 13.2 Å². The van der Waals surface area contributed by atoms with E-state index in [-0.39, 0.29) is 5.75 Å². The van der Waals surface area contributed by atoms with Crippen LogP contribution < -0.4 is 4.74 Å². The van der Waals surface area contributed by atoms with Crippen molar-refractivity contribution in [2.75, 3.05) is 6.67 Å². The third-order valence-electron chi connectivity index (χ3n) is 1.18. The number of carbonyl (C=O) groups is 1. The molecule has 1 aromatic carbocycles. The van der Waals surface area contributed by atoms with Crippen molar-refractivity contribution in [3.05, 3.63) is 29.8 Å². The van der Waals surface area contributed by atoms with Gasteiger partial charge in [0.05, 0.1) is 0 Å². The molecule has 0 amide bonds. The number of ether oxygens (including phenoxy) is 1. The summed E-state index contributed by atoms with van der Waals surface area (Å²) in [5.74, 6) is -3.31. The van der Waals surface area contributed by atoms with Crippen molar-refractivity contribution < 1.29 is 22.7 Å². The average molecular weight is 190 g/mol. The standard InChI is InChI=1S/C8H5F3O2/c9-4-8(12)13-7-2-5(10)1-6(11)3-7/h1-3H,4H2. The highest BCUT2D eigenvalue weighted by atomic mass is 19.1. The van der Waals surface area contributed by atoms with Gasteiger partial charge in [0, 0.05) is 18.2 Å². The minimum atomic E-state index is -1.34. The Labute approximate surface area is 71.9 Å². The van der Waals surface area contributed by atoms with Crippen LogP contribution in [0.15, 0.2) is 18.2 Å². The molecule has 1 rings (SSSR count). The lowest BCUT2D eigenvalue weighted by atomic mass is 10.3. The van der Waals surface area contributed by atoms with E-state index in [0.717, 1.165) is 12.1 Å². The molecule has 0 aliphatic carbocycles. The number of benzene rings is 1. The van der Waals surface area contributed by atoms with Crippen molar-refractivity contribution in [1.82, 2.24) is 0 Å². The topological polar surface area (TPSA) is 26.3 Å². The lowest BCUT2D eigenvalue weighted by molar-refractivity contribution is -0.135. The predicted molar refractivity (Wildman–Crippen MR) is 38.0 cm³/mol. The monoisotopic (exact) mass is 190 g/mol. The van der Waals surface area contributed by atoms with E-state index in [1.165, 1.54) is 0 Å². The maximum absolute atomic E-state index is 12.5. The fourth-order valence-electron chi connectivity index (χ4n) is 0.746. The van der Waals surface area contributed by atoms with Gasteiger partial charge in [-0.3, -0.25) is 0 Å². The van der Waals surface area contributed by atoms with Gasteiger partial charge in [-0.05, 0) is 0 Å². The van der Waals surface area contributed by atoms with Crippen molar-refractivity contribution in [2.24, 2.45) is 0 Å². The Kier molecular flexibility index (Phi) is 2.89. The summed E-state index contributed by atoms with van der Waals surface area (Å²) in [5, 5.41) is 0. The van der Waals surface area contributed by atoms with Gasteiger partial charge in [-0.25, -0.2) is 18.0 Å². The smallest absolute Gasteiger partial charge is 0.342 e. The molecule has 0 radical (unpaired) electrons.